The van der Waals surface area contributed by atoms with Gasteiger partial charge in [-0.2, -0.15) is 0 Å². The molecule has 2 nitrogen and oxygen atoms in total. The second-order valence-electron chi connectivity index (χ2n) is 5.05. The second kappa shape index (κ2) is 5.74. The first-order valence-corrected chi connectivity index (χ1v) is 6.28. The first-order valence-electron chi connectivity index (χ1n) is 5.48. The molecule has 0 fully saturated rings. The lowest BCUT2D eigenvalue weighted by Crippen LogP contribution is -2.39. The predicted molar refractivity (Wildman–Crippen MR) is 70.6 cm³/mol. The maximum atomic E-state index is 13.0. The van der Waals surface area contributed by atoms with Gasteiger partial charge < -0.3 is 5.32 Å². The fourth-order valence-corrected chi connectivity index (χ4v) is 1.70. The summed E-state index contributed by atoms with van der Waals surface area (Å²) in [5.41, 5.74) is 0.597. The number of benzene rings is 1. The molecule has 17 heavy (non-hydrogen) atoms. The summed E-state index contributed by atoms with van der Waals surface area (Å²) in [5.74, 6) is -0.272. The molecule has 0 aliphatic rings. The highest BCUT2D eigenvalue weighted by atomic mass is 79.9. The average molecular weight is 302 g/mol. The van der Waals surface area contributed by atoms with Crippen LogP contribution in [0.4, 0.5) is 4.39 Å². The Kier molecular flexibility index (Phi) is 4.83. The van der Waals surface area contributed by atoms with Crippen LogP contribution in [0.15, 0.2) is 22.7 Å². The Balaban J connectivity index is 2.59. The van der Waals surface area contributed by atoms with Crippen molar-refractivity contribution in [3.63, 3.8) is 0 Å². The van der Waals surface area contributed by atoms with Crippen molar-refractivity contribution in [3.8, 4) is 0 Å². The van der Waals surface area contributed by atoms with Crippen molar-refractivity contribution in [2.24, 2.45) is 0 Å². The van der Waals surface area contributed by atoms with Crippen LogP contribution in [0.25, 0.3) is 0 Å². The Bertz CT molecular complexity index is 412. The van der Waals surface area contributed by atoms with Crippen LogP contribution < -0.4 is 5.32 Å². The molecule has 1 aromatic rings. The molecule has 0 heterocycles. The van der Waals surface area contributed by atoms with Gasteiger partial charge in [-0.25, -0.2) is 4.39 Å². The first-order chi connectivity index (χ1) is 7.78. The molecule has 1 N–H and O–H groups in total. The summed E-state index contributed by atoms with van der Waals surface area (Å²) in [6.45, 7) is 6.29. The normalized spacial score (nSPS) is 11.6. The number of hydrogen-bond donors (Lipinski definition) is 1. The number of hydrogen-bond acceptors (Lipinski definition) is 2. The molecule has 0 spiro atoms. The molecule has 0 aromatic heterocycles. The third-order valence-corrected chi connectivity index (χ3v) is 2.98. The Morgan fingerprint density at radius 3 is 2.65 bits per heavy atom. The standard InChI is InChI=1S/C13H17BrFNO/c1-13(2,3)16-8-11(17)7-9-6-10(15)4-5-12(9)14/h4-6,16H,7-8H2,1-3H3. The van der Waals surface area contributed by atoms with E-state index in [-0.39, 0.29) is 23.6 Å². The van der Waals surface area contributed by atoms with Gasteiger partial charge >= 0.3 is 0 Å². The van der Waals surface area contributed by atoms with Crippen LogP contribution in [0.2, 0.25) is 0 Å². The largest absolute Gasteiger partial charge is 0.305 e. The Morgan fingerprint density at radius 2 is 2.06 bits per heavy atom. The van der Waals surface area contributed by atoms with E-state index < -0.39 is 0 Å². The van der Waals surface area contributed by atoms with Crippen LogP contribution in [0.3, 0.4) is 0 Å². The number of rotatable bonds is 4. The SMILES string of the molecule is CC(C)(C)NCC(=O)Cc1cc(F)ccc1Br. The third-order valence-electron chi connectivity index (χ3n) is 2.21. The quantitative estimate of drug-likeness (QED) is 0.926. The van der Waals surface area contributed by atoms with E-state index in [0.29, 0.717) is 12.1 Å². The van der Waals surface area contributed by atoms with E-state index in [9.17, 15) is 9.18 Å². The van der Waals surface area contributed by atoms with E-state index in [1.807, 2.05) is 20.8 Å². The van der Waals surface area contributed by atoms with E-state index >= 15 is 0 Å². The Hall–Kier alpha value is -0.740. The lowest BCUT2D eigenvalue weighted by molar-refractivity contribution is -0.117. The molecule has 0 radical (unpaired) electrons. The smallest absolute Gasteiger partial charge is 0.151 e. The number of halogens is 2. The molecule has 0 saturated carbocycles. The van der Waals surface area contributed by atoms with Gasteiger partial charge in [-0.05, 0) is 44.5 Å². The highest BCUT2D eigenvalue weighted by Crippen LogP contribution is 2.18. The monoisotopic (exact) mass is 301 g/mol. The van der Waals surface area contributed by atoms with E-state index in [4.69, 9.17) is 0 Å². The maximum Gasteiger partial charge on any atom is 0.151 e. The van der Waals surface area contributed by atoms with Gasteiger partial charge in [-0.3, -0.25) is 4.79 Å². The van der Waals surface area contributed by atoms with Crippen LogP contribution in [0, 0.1) is 5.82 Å². The van der Waals surface area contributed by atoms with Crippen molar-refractivity contribution in [1.29, 1.82) is 0 Å². The summed E-state index contributed by atoms with van der Waals surface area (Å²) in [7, 11) is 0. The highest BCUT2D eigenvalue weighted by Gasteiger charge is 2.13. The molecular weight excluding hydrogens is 285 g/mol. The van der Waals surface area contributed by atoms with Gasteiger partial charge in [-0.15, -0.1) is 0 Å². The first kappa shape index (κ1) is 14.3. The van der Waals surface area contributed by atoms with Crippen LogP contribution in [0.5, 0.6) is 0 Å². The predicted octanol–water partition coefficient (Wildman–Crippen LogP) is 3.09. The summed E-state index contributed by atoms with van der Waals surface area (Å²) in [5, 5.41) is 3.12. The minimum Gasteiger partial charge on any atom is -0.305 e. The van der Waals surface area contributed by atoms with Crippen LogP contribution in [-0.4, -0.2) is 17.9 Å². The van der Waals surface area contributed by atoms with Gasteiger partial charge in [0.1, 0.15) is 5.82 Å². The molecule has 0 bridgehead atoms. The zero-order chi connectivity index (χ0) is 13.1. The molecule has 0 saturated heterocycles. The highest BCUT2D eigenvalue weighted by molar-refractivity contribution is 9.10. The third kappa shape index (κ3) is 5.41. The number of Topliss-reactive ketones (excluding diaryl/α,β-unsaturated/α-hetero) is 1. The summed E-state index contributed by atoms with van der Waals surface area (Å²) in [4.78, 5) is 11.7. The molecule has 0 unspecified atom stereocenters. The van der Waals surface area contributed by atoms with Gasteiger partial charge in [0.15, 0.2) is 5.78 Å². The van der Waals surface area contributed by atoms with Crippen molar-refractivity contribution in [1.82, 2.24) is 5.32 Å². The zero-order valence-electron chi connectivity index (χ0n) is 10.3. The Morgan fingerprint density at radius 1 is 1.41 bits per heavy atom. The van der Waals surface area contributed by atoms with Gasteiger partial charge in [0, 0.05) is 16.4 Å². The van der Waals surface area contributed by atoms with E-state index in [2.05, 4.69) is 21.2 Å². The molecule has 0 aliphatic carbocycles. The topological polar surface area (TPSA) is 29.1 Å². The number of carbonyl (C=O) groups excluding carboxylic acids is 1. The molecule has 4 heteroatoms. The lowest BCUT2D eigenvalue weighted by atomic mass is 10.1. The van der Waals surface area contributed by atoms with Crippen LogP contribution >= 0.6 is 15.9 Å². The molecule has 1 aromatic carbocycles. The summed E-state index contributed by atoms with van der Waals surface area (Å²) >= 11 is 3.31. The van der Waals surface area contributed by atoms with Crippen molar-refractivity contribution >= 4 is 21.7 Å². The molecule has 0 atom stereocenters. The maximum absolute atomic E-state index is 13.0. The fourth-order valence-electron chi connectivity index (χ4n) is 1.32. The van der Waals surface area contributed by atoms with Gasteiger partial charge in [-0.1, -0.05) is 15.9 Å². The molecule has 0 amide bonds. The number of nitrogens with one attached hydrogen (secondary N) is 1. The molecular formula is C13H17BrFNO. The van der Waals surface area contributed by atoms with Crippen LogP contribution in [-0.2, 0) is 11.2 Å². The van der Waals surface area contributed by atoms with Gasteiger partial charge in [0.05, 0.1) is 6.54 Å². The van der Waals surface area contributed by atoms with E-state index in [0.717, 1.165) is 4.47 Å². The Labute approximate surface area is 110 Å². The van der Waals surface area contributed by atoms with Crippen molar-refractivity contribution in [3.05, 3.63) is 34.1 Å². The minimum atomic E-state index is -0.320. The molecule has 0 aliphatic heterocycles. The van der Waals surface area contributed by atoms with E-state index in [1.54, 1.807) is 6.07 Å². The van der Waals surface area contributed by atoms with Crippen LogP contribution in [0.1, 0.15) is 26.3 Å². The minimum absolute atomic E-state index is 0.0474. The second-order valence-corrected chi connectivity index (χ2v) is 5.91. The fraction of sp³-hybridized carbons (Fsp3) is 0.462. The van der Waals surface area contributed by atoms with E-state index in [1.165, 1.54) is 12.1 Å². The van der Waals surface area contributed by atoms with Crippen molar-refractivity contribution in [2.75, 3.05) is 6.54 Å². The summed E-state index contributed by atoms with van der Waals surface area (Å²) < 4.78 is 13.8. The summed E-state index contributed by atoms with van der Waals surface area (Å²) in [6.07, 6.45) is 0.238. The lowest BCUT2D eigenvalue weighted by Gasteiger charge is -2.19. The summed E-state index contributed by atoms with van der Waals surface area (Å²) in [6, 6.07) is 4.37. The van der Waals surface area contributed by atoms with Gasteiger partial charge in [0.25, 0.3) is 0 Å². The van der Waals surface area contributed by atoms with Gasteiger partial charge in [0.2, 0.25) is 0 Å². The molecule has 94 valence electrons. The molecule has 1 rings (SSSR count). The average Bonchev–Trinajstić information content (AvgIpc) is 2.20. The number of carbonyl (C=O) groups is 1. The van der Waals surface area contributed by atoms with Crippen molar-refractivity contribution in [2.45, 2.75) is 32.7 Å². The zero-order valence-corrected chi connectivity index (χ0v) is 11.9. The van der Waals surface area contributed by atoms with Crippen molar-refractivity contribution < 1.29 is 9.18 Å². The number of ketones is 1.